The molecular formula is C13H17NO2. The molecule has 0 aliphatic carbocycles. The van der Waals surface area contributed by atoms with Gasteiger partial charge in [-0.15, -0.1) is 0 Å². The van der Waals surface area contributed by atoms with Gasteiger partial charge in [0, 0.05) is 5.69 Å². The minimum atomic E-state index is -0.179. The molecule has 16 heavy (non-hydrogen) atoms. The second-order valence-corrected chi connectivity index (χ2v) is 4.06. The number of esters is 1. The van der Waals surface area contributed by atoms with Crippen molar-refractivity contribution >= 4 is 11.7 Å². The number of fused-ring (bicyclic) bond motifs is 1. The molecule has 3 heteroatoms. The van der Waals surface area contributed by atoms with Gasteiger partial charge in [0.2, 0.25) is 0 Å². The first-order valence-corrected chi connectivity index (χ1v) is 5.82. The molecule has 0 saturated carbocycles. The smallest absolute Gasteiger partial charge is 0.328 e. The van der Waals surface area contributed by atoms with Crippen LogP contribution in [0.25, 0.3) is 0 Å². The topological polar surface area (TPSA) is 38.3 Å². The zero-order valence-electron chi connectivity index (χ0n) is 9.53. The highest BCUT2D eigenvalue weighted by Gasteiger charge is 2.24. The highest BCUT2D eigenvalue weighted by molar-refractivity contribution is 5.80. The Morgan fingerprint density at radius 2 is 2.31 bits per heavy atom. The number of hydrogen-bond donors (Lipinski definition) is 1. The Labute approximate surface area is 95.8 Å². The van der Waals surface area contributed by atoms with E-state index in [1.165, 1.54) is 5.56 Å². The Balaban J connectivity index is 1.99. The summed E-state index contributed by atoms with van der Waals surface area (Å²) in [6.07, 6.45) is 2.63. The number of para-hydroxylation sites is 1. The van der Waals surface area contributed by atoms with E-state index in [4.69, 9.17) is 4.74 Å². The number of anilines is 1. The molecule has 1 heterocycles. The minimum absolute atomic E-state index is 0.128. The number of aryl methyl sites for hydroxylation is 1. The standard InChI is InChI=1S/C13H17NO2/c1-2-9-16-13(15)12-8-7-10-5-3-4-6-11(10)14-12/h3-6,12,14H,2,7-9H2,1H3. The predicted octanol–water partition coefficient (Wildman–Crippen LogP) is 2.37. The molecule has 86 valence electrons. The Bertz CT molecular complexity index is 376. The van der Waals surface area contributed by atoms with E-state index in [2.05, 4.69) is 11.4 Å². The second-order valence-electron chi connectivity index (χ2n) is 4.06. The van der Waals surface area contributed by atoms with Gasteiger partial charge >= 0.3 is 5.97 Å². The molecule has 1 aliphatic heterocycles. The van der Waals surface area contributed by atoms with Crippen LogP contribution < -0.4 is 5.32 Å². The van der Waals surface area contributed by atoms with Crippen molar-refractivity contribution in [2.45, 2.75) is 32.2 Å². The molecule has 0 saturated heterocycles. The van der Waals surface area contributed by atoms with Crippen LogP contribution in [0.2, 0.25) is 0 Å². The van der Waals surface area contributed by atoms with Gasteiger partial charge in [0.25, 0.3) is 0 Å². The van der Waals surface area contributed by atoms with Crippen molar-refractivity contribution in [3.63, 3.8) is 0 Å². The van der Waals surface area contributed by atoms with Crippen LogP contribution in [0, 0.1) is 0 Å². The maximum Gasteiger partial charge on any atom is 0.328 e. The van der Waals surface area contributed by atoms with Crippen LogP contribution in [0.3, 0.4) is 0 Å². The van der Waals surface area contributed by atoms with E-state index in [1.807, 2.05) is 25.1 Å². The molecule has 1 aliphatic rings. The minimum Gasteiger partial charge on any atom is -0.464 e. The van der Waals surface area contributed by atoms with E-state index in [1.54, 1.807) is 0 Å². The van der Waals surface area contributed by atoms with Gasteiger partial charge in [-0.2, -0.15) is 0 Å². The van der Waals surface area contributed by atoms with Crippen molar-refractivity contribution in [3.8, 4) is 0 Å². The fraction of sp³-hybridized carbons (Fsp3) is 0.462. The zero-order chi connectivity index (χ0) is 11.4. The summed E-state index contributed by atoms with van der Waals surface area (Å²) in [5.41, 5.74) is 2.34. The summed E-state index contributed by atoms with van der Waals surface area (Å²) in [4.78, 5) is 11.7. The number of nitrogens with one attached hydrogen (secondary N) is 1. The number of carbonyl (C=O) groups is 1. The van der Waals surface area contributed by atoms with Gasteiger partial charge in [0.15, 0.2) is 0 Å². The van der Waals surface area contributed by atoms with Crippen LogP contribution in [-0.4, -0.2) is 18.6 Å². The Morgan fingerprint density at radius 1 is 1.50 bits per heavy atom. The number of carbonyl (C=O) groups excluding carboxylic acids is 1. The highest BCUT2D eigenvalue weighted by Crippen LogP contribution is 2.24. The highest BCUT2D eigenvalue weighted by atomic mass is 16.5. The molecule has 1 atom stereocenters. The van der Waals surface area contributed by atoms with Crippen LogP contribution in [0.5, 0.6) is 0 Å². The molecule has 2 rings (SSSR count). The van der Waals surface area contributed by atoms with Crippen LogP contribution in [0.1, 0.15) is 25.3 Å². The summed E-state index contributed by atoms with van der Waals surface area (Å²) in [5, 5.41) is 3.23. The molecule has 1 unspecified atom stereocenters. The zero-order valence-corrected chi connectivity index (χ0v) is 9.53. The molecule has 0 spiro atoms. The quantitative estimate of drug-likeness (QED) is 0.793. The summed E-state index contributed by atoms with van der Waals surface area (Å²) < 4.78 is 5.14. The van der Waals surface area contributed by atoms with Gasteiger partial charge in [-0.3, -0.25) is 0 Å². The maximum absolute atomic E-state index is 11.7. The van der Waals surface area contributed by atoms with Crippen LogP contribution in [-0.2, 0) is 16.0 Å². The van der Waals surface area contributed by atoms with E-state index in [-0.39, 0.29) is 12.0 Å². The van der Waals surface area contributed by atoms with Crippen molar-refractivity contribution < 1.29 is 9.53 Å². The van der Waals surface area contributed by atoms with Crippen molar-refractivity contribution in [3.05, 3.63) is 29.8 Å². The summed E-state index contributed by atoms with van der Waals surface area (Å²) in [6.45, 7) is 2.51. The molecule has 1 aromatic carbocycles. The van der Waals surface area contributed by atoms with E-state index in [9.17, 15) is 4.79 Å². The third kappa shape index (κ3) is 2.35. The van der Waals surface area contributed by atoms with Crippen LogP contribution in [0.4, 0.5) is 5.69 Å². The van der Waals surface area contributed by atoms with Gasteiger partial charge in [0.05, 0.1) is 6.61 Å². The lowest BCUT2D eigenvalue weighted by Crippen LogP contribution is -2.35. The lowest BCUT2D eigenvalue weighted by atomic mass is 9.98. The largest absolute Gasteiger partial charge is 0.464 e. The van der Waals surface area contributed by atoms with Gasteiger partial charge in [-0.05, 0) is 30.9 Å². The molecule has 3 nitrogen and oxygen atoms in total. The third-order valence-electron chi connectivity index (χ3n) is 2.78. The summed E-state index contributed by atoms with van der Waals surface area (Å²) in [7, 11) is 0. The average molecular weight is 219 g/mol. The Kier molecular flexibility index (Phi) is 3.44. The molecule has 0 radical (unpaired) electrons. The third-order valence-corrected chi connectivity index (χ3v) is 2.78. The summed E-state index contributed by atoms with van der Waals surface area (Å²) in [6, 6.07) is 7.92. The molecule has 0 aromatic heterocycles. The van der Waals surface area contributed by atoms with Crippen molar-refractivity contribution in [1.82, 2.24) is 0 Å². The number of hydrogen-bond acceptors (Lipinski definition) is 3. The second kappa shape index (κ2) is 5.01. The molecule has 0 amide bonds. The fourth-order valence-corrected chi connectivity index (χ4v) is 1.92. The first kappa shape index (κ1) is 11.0. The molecule has 1 N–H and O–H groups in total. The van der Waals surface area contributed by atoms with Crippen molar-refractivity contribution in [2.75, 3.05) is 11.9 Å². The summed E-state index contributed by atoms with van der Waals surface area (Å²) >= 11 is 0. The first-order chi connectivity index (χ1) is 7.81. The average Bonchev–Trinajstić information content (AvgIpc) is 2.35. The van der Waals surface area contributed by atoms with E-state index >= 15 is 0 Å². The van der Waals surface area contributed by atoms with Crippen molar-refractivity contribution in [2.24, 2.45) is 0 Å². The monoisotopic (exact) mass is 219 g/mol. The lowest BCUT2D eigenvalue weighted by Gasteiger charge is -2.25. The van der Waals surface area contributed by atoms with Gasteiger partial charge in [-0.25, -0.2) is 4.79 Å². The maximum atomic E-state index is 11.7. The lowest BCUT2D eigenvalue weighted by molar-refractivity contribution is -0.144. The van der Waals surface area contributed by atoms with Crippen molar-refractivity contribution in [1.29, 1.82) is 0 Å². The number of benzene rings is 1. The Morgan fingerprint density at radius 3 is 3.12 bits per heavy atom. The summed E-state index contributed by atoms with van der Waals surface area (Å²) in [5.74, 6) is -0.128. The number of ether oxygens (including phenoxy) is 1. The van der Waals surface area contributed by atoms with E-state index in [0.717, 1.165) is 24.9 Å². The fourth-order valence-electron chi connectivity index (χ4n) is 1.92. The normalized spacial score (nSPS) is 18.4. The predicted molar refractivity (Wildman–Crippen MR) is 63.4 cm³/mol. The van der Waals surface area contributed by atoms with Crippen LogP contribution >= 0.6 is 0 Å². The molecule has 0 bridgehead atoms. The van der Waals surface area contributed by atoms with E-state index < -0.39 is 0 Å². The molecular weight excluding hydrogens is 202 g/mol. The Hall–Kier alpha value is -1.51. The van der Waals surface area contributed by atoms with Gasteiger partial charge in [0.1, 0.15) is 6.04 Å². The van der Waals surface area contributed by atoms with Gasteiger partial charge in [-0.1, -0.05) is 25.1 Å². The van der Waals surface area contributed by atoms with Crippen LogP contribution in [0.15, 0.2) is 24.3 Å². The molecule has 1 aromatic rings. The van der Waals surface area contributed by atoms with E-state index in [0.29, 0.717) is 6.61 Å². The molecule has 0 fully saturated rings. The number of rotatable bonds is 3. The SMILES string of the molecule is CCCOC(=O)C1CCc2ccccc2N1. The first-order valence-electron chi connectivity index (χ1n) is 5.82. The van der Waals surface area contributed by atoms with Gasteiger partial charge < -0.3 is 10.1 Å².